The molecule has 0 spiro atoms. The Morgan fingerprint density at radius 2 is 1.95 bits per heavy atom. The minimum Gasteiger partial charge on any atom is -0.366 e. The molecule has 2 heterocycles. The summed E-state index contributed by atoms with van der Waals surface area (Å²) in [4.78, 5) is 7.80. The number of rotatable bonds is 3. The molecule has 0 aliphatic heterocycles. The van der Waals surface area contributed by atoms with Crippen LogP contribution in [0.1, 0.15) is 16.7 Å². The lowest BCUT2D eigenvalue weighted by Gasteiger charge is -2.12. The van der Waals surface area contributed by atoms with Crippen LogP contribution in [-0.2, 0) is 12.7 Å². The Labute approximate surface area is 108 Å². The fourth-order valence-corrected chi connectivity index (χ4v) is 1.60. The summed E-state index contributed by atoms with van der Waals surface area (Å²) < 4.78 is 38.3. The summed E-state index contributed by atoms with van der Waals surface area (Å²) in [7, 11) is 0. The number of nitrogens with one attached hydrogen (secondary N) is 1. The predicted octanol–water partition coefficient (Wildman–Crippen LogP) is 3.42. The maximum absolute atomic E-state index is 12.8. The standard InChI is InChI=1S/C13H12F3N3/c1-9-2-3-12(18-6-9)19-8-10-7-17-5-4-11(10)13(14,15)16/h2-7H,8H2,1H3,(H,18,19). The van der Waals surface area contributed by atoms with Crippen molar-refractivity contribution in [2.45, 2.75) is 19.6 Å². The topological polar surface area (TPSA) is 37.8 Å². The largest absolute Gasteiger partial charge is 0.416 e. The summed E-state index contributed by atoms with van der Waals surface area (Å²) in [5.41, 5.74) is 0.405. The van der Waals surface area contributed by atoms with Gasteiger partial charge in [0.1, 0.15) is 5.82 Å². The second kappa shape index (κ2) is 5.26. The molecule has 2 aromatic heterocycles. The maximum Gasteiger partial charge on any atom is 0.416 e. The average Bonchev–Trinajstić information content (AvgIpc) is 2.37. The molecule has 0 amide bonds. The van der Waals surface area contributed by atoms with Gasteiger partial charge in [-0.05, 0) is 24.6 Å². The molecule has 0 atom stereocenters. The van der Waals surface area contributed by atoms with Crippen LogP contribution >= 0.6 is 0 Å². The van der Waals surface area contributed by atoms with Gasteiger partial charge in [0.25, 0.3) is 0 Å². The van der Waals surface area contributed by atoms with Crippen LogP contribution in [0.2, 0.25) is 0 Å². The molecule has 19 heavy (non-hydrogen) atoms. The highest BCUT2D eigenvalue weighted by atomic mass is 19.4. The molecule has 0 saturated heterocycles. The second-order valence-electron chi connectivity index (χ2n) is 4.10. The van der Waals surface area contributed by atoms with Crippen LogP contribution in [-0.4, -0.2) is 9.97 Å². The van der Waals surface area contributed by atoms with Gasteiger partial charge in [-0.25, -0.2) is 4.98 Å². The molecule has 0 bridgehead atoms. The number of halogens is 3. The molecule has 1 N–H and O–H groups in total. The SMILES string of the molecule is Cc1ccc(NCc2cnccc2C(F)(F)F)nc1. The molecular weight excluding hydrogens is 255 g/mol. The Kier molecular flexibility index (Phi) is 3.69. The summed E-state index contributed by atoms with van der Waals surface area (Å²) in [6.45, 7) is 1.92. The van der Waals surface area contributed by atoms with Gasteiger partial charge in [-0.3, -0.25) is 4.98 Å². The van der Waals surface area contributed by atoms with Crippen molar-refractivity contribution in [2.24, 2.45) is 0 Å². The fourth-order valence-electron chi connectivity index (χ4n) is 1.60. The van der Waals surface area contributed by atoms with Gasteiger partial charge in [-0.2, -0.15) is 13.2 Å². The fraction of sp³-hybridized carbons (Fsp3) is 0.231. The van der Waals surface area contributed by atoms with E-state index < -0.39 is 11.7 Å². The minimum atomic E-state index is -4.37. The smallest absolute Gasteiger partial charge is 0.366 e. The van der Waals surface area contributed by atoms with Crippen molar-refractivity contribution in [3.63, 3.8) is 0 Å². The van der Waals surface area contributed by atoms with E-state index in [4.69, 9.17) is 0 Å². The number of pyridine rings is 2. The highest BCUT2D eigenvalue weighted by Gasteiger charge is 2.33. The Bertz CT molecular complexity index is 550. The number of hydrogen-bond acceptors (Lipinski definition) is 3. The monoisotopic (exact) mass is 267 g/mol. The van der Waals surface area contributed by atoms with Crippen molar-refractivity contribution < 1.29 is 13.2 Å². The third-order valence-electron chi connectivity index (χ3n) is 2.58. The maximum atomic E-state index is 12.8. The lowest BCUT2D eigenvalue weighted by atomic mass is 10.1. The van der Waals surface area contributed by atoms with E-state index in [0.29, 0.717) is 5.82 Å². The van der Waals surface area contributed by atoms with Gasteiger partial charge < -0.3 is 5.32 Å². The molecule has 0 aliphatic rings. The Morgan fingerprint density at radius 3 is 2.58 bits per heavy atom. The average molecular weight is 267 g/mol. The summed E-state index contributed by atoms with van der Waals surface area (Å²) in [6.07, 6.45) is -0.378. The van der Waals surface area contributed by atoms with Crippen LogP contribution in [0.25, 0.3) is 0 Å². The molecule has 0 saturated carbocycles. The molecule has 100 valence electrons. The number of aryl methyl sites for hydroxylation is 1. The molecule has 0 radical (unpaired) electrons. The molecular formula is C13H12F3N3. The zero-order chi connectivity index (χ0) is 13.9. The molecule has 3 nitrogen and oxygen atoms in total. The third kappa shape index (κ3) is 3.43. The minimum absolute atomic E-state index is 0.0265. The summed E-state index contributed by atoms with van der Waals surface area (Å²) in [6, 6.07) is 4.53. The number of hydrogen-bond donors (Lipinski definition) is 1. The van der Waals surface area contributed by atoms with E-state index in [9.17, 15) is 13.2 Å². The Hall–Kier alpha value is -2.11. The van der Waals surface area contributed by atoms with E-state index in [2.05, 4.69) is 15.3 Å². The van der Waals surface area contributed by atoms with E-state index in [1.807, 2.05) is 13.0 Å². The van der Waals surface area contributed by atoms with Gasteiger partial charge >= 0.3 is 6.18 Å². The van der Waals surface area contributed by atoms with Crippen molar-refractivity contribution in [1.29, 1.82) is 0 Å². The van der Waals surface area contributed by atoms with E-state index in [1.54, 1.807) is 12.3 Å². The first kappa shape index (κ1) is 13.3. The van der Waals surface area contributed by atoms with Gasteiger partial charge in [0, 0.05) is 30.7 Å². The second-order valence-corrected chi connectivity index (χ2v) is 4.10. The number of anilines is 1. The lowest BCUT2D eigenvalue weighted by molar-refractivity contribution is -0.138. The molecule has 0 aromatic carbocycles. The van der Waals surface area contributed by atoms with Crippen LogP contribution in [0.4, 0.5) is 19.0 Å². The van der Waals surface area contributed by atoms with Crippen LogP contribution < -0.4 is 5.32 Å². The molecule has 0 fully saturated rings. The predicted molar refractivity (Wildman–Crippen MR) is 65.5 cm³/mol. The van der Waals surface area contributed by atoms with E-state index in [1.165, 1.54) is 6.20 Å². The Balaban J connectivity index is 2.14. The lowest BCUT2D eigenvalue weighted by Crippen LogP contribution is -2.12. The van der Waals surface area contributed by atoms with Crippen molar-refractivity contribution >= 4 is 5.82 Å². The summed E-state index contributed by atoms with van der Waals surface area (Å²) in [5, 5.41) is 2.85. The molecule has 2 rings (SSSR count). The van der Waals surface area contributed by atoms with Crippen molar-refractivity contribution in [3.05, 3.63) is 53.5 Å². The Morgan fingerprint density at radius 1 is 1.16 bits per heavy atom. The zero-order valence-electron chi connectivity index (χ0n) is 10.2. The van der Waals surface area contributed by atoms with E-state index >= 15 is 0 Å². The van der Waals surface area contributed by atoms with Gasteiger partial charge in [0.15, 0.2) is 0 Å². The van der Waals surface area contributed by atoms with Crippen LogP contribution in [0.15, 0.2) is 36.8 Å². The van der Waals surface area contributed by atoms with Crippen molar-refractivity contribution in [3.8, 4) is 0 Å². The van der Waals surface area contributed by atoms with E-state index in [0.717, 1.165) is 17.8 Å². The molecule has 2 aromatic rings. The normalized spacial score (nSPS) is 11.4. The van der Waals surface area contributed by atoms with Crippen molar-refractivity contribution in [2.75, 3.05) is 5.32 Å². The number of aromatic nitrogens is 2. The molecule has 0 aliphatic carbocycles. The highest BCUT2D eigenvalue weighted by Crippen LogP contribution is 2.31. The zero-order valence-corrected chi connectivity index (χ0v) is 10.2. The number of alkyl halides is 3. The van der Waals surface area contributed by atoms with Gasteiger partial charge in [-0.1, -0.05) is 6.07 Å². The first-order valence-electron chi connectivity index (χ1n) is 5.63. The molecule has 6 heteroatoms. The first-order valence-corrected chi connectivity index (χ1v) is 5.63. The number of nitrogens with zero attached hydrogens (tertiary/aromatic N) is 2. The van der Waals surface area contributed by atoms with Gasteiger partial charge in [0.2, 0.25) is 0 Å². The van der Waals surface area contributed by atoms with E-state index in [-0.39, 0.29) is 12.1 Å². The van der Waals surface area contributed by atoms with Crippen LogP contribution in [0.3, 0.4) is 0 Å². The quantitative estimate of drug-likeness (QED) is 0.926. The molecule has 0 unspecified atom stereocenters. The summed E-state index contributed by atoms with van der Waals surface area (Å²) >= 11 is 0. The third-order valence-corrected chi connectivity index (χ3v) is 2.58. The first-order chi connectivity index (χ1) is 8.97. The van der Waals surface area contributed by atoms with Crippen LogP contribution in [0.5, 0.6) is 0 Å². The van der Waals surface area contributed by atoms with Crippen LogP contribution in [0, 0.1) is 6.92 Å². The van der Waals surface area contributed by atoms with Gasteiger partial charge in [-0.15, -0.1) is 0 Å². The van der Waals surface area contributed by atoms with Crippen molar-refractivity contribution in [1.82, 2.24) is 9.97 Å². The summed E-state index contributed by atoms with van der Waals surface area (Å²) in [5.74, 6) is 0.530. The highest BCUT2D eigenvalue weighted by molar-refractivity contribution is 5.37. The van der Waals surface area contributed by atoms with Gasteiger partial charge in [0.05, 0.1) is 5.56 Å².